The van der Waals surface area contributed by atoms with Crippen molar-refractivity contribution >= 4 is 23.1 Å². The SMILES string of the molecule is CCN(CC(C)C)C(=O)C(C)(CC)C(N)=S. The van der Waals surface area contributed by atoms with Crippen LogP contribution in [0.4, 0.5) is 0 Å². The van der Waals surface area contributed by atoms with Crippen LogP contribution in [0.15, 0.2) is 0 Å². The molecule has 0 spiro atoms. The second-order valence-corrected chi connectivity index (χ2v) is 5.23. The van der Waals surface area contributed by atoms with Crippen LogP contribution in [0.3, 0.4) is 0 Å². The molecule has 1 amide bonds. The predicted octanol–water partition coefficient (Wildman–Crippen LogP) is 2.19. The highest BCUT2D eigenvalue weighted by Crippen LogP contribution is 2.25. The van der Waals surface area contributed by atoms with Gasteiger partial charge in [-0.2, -0.15) is 0 Å². The molecule has 0 aromatic carbocycles. The Morgan fingerprint density at radius 3 is 2.19 bits per heavy atom. The number of hydrogen-bond acceptors (Lipinski definition) is 2. The van der Waals surface area contributed by atoms with Crippen molar-refractivity contribution in [3.63, 3.8) is 0 Å². The lowest BCUT2D eigenvalue weighted by atomic mass is 9.85. The van der Waals surface area contributed by atoms with Crippen LogP contribution in [0.2, 0.25) is 0 Å². The minimum Gasteiger partial charge on any atom is -0.392 e. The van der Waals surface area contributed by atoms with E-state index in [0.29, 0.717) is 23.9 Å². The Morgan fingerprint density at radius 2 is 1.94 bits per heavy atom. The summed E-state index contributed by atoms with van der Waals surface area (Å²) in [6.07, 6.45) is 0.649. The van der Waals surface area contributed by atoms with E-state index in [1.165, 1.54) is 0 Å². The van der Waals surface area contributed by atoms with Gasteiger partial charge in [-0.1, -0.05) is 33.0 Å². The smallest absolute Gasteiger partial charge is 0.235 e. The second-order valence-electron chi connectivity index (χ2n) is 4.79. The van der Waals surface area contributed by atoms with Gasteiger partial charge in [0.25, 0.3) is 0 Å². The maximum atomic E-state index is 12.4. The standard InChI is InChI=1S/C12H24N2OS/c1-6-12(5,10(13)16)11(15)14(7-2)8-9(3)4/h9H,6-8H2,1-5H3,(H2,13,16). The Bertz CT molecular complexity index is 266. The van der Waals surface area contributed by atoms with Gasteiger partial charge in [-0.3, -0.25) is 4.79 Å². The minimum atomic E-state index is -0.694. The van der Waals surface area contributed by atoms with E-state index in [-0.39, 0.29) is 5.91 Å². The first-order valence-electron chi connectivity index (χ1n) is 5.88. The van der Waals surface area contributed by atoms with E-state index in [4.69, 9.17) is 18.0 Å². The Balaban J connectivity index is 4.91. The molecule has 1 unspecified atom stereocenters. The number of carbonyl (C=O) groups is 1. The Hall–Kier alpha value is -0.640. The van der Waals surface area contributed by atoms with Gasteiger partial charge < -0.3 is 10.6 Å². The summed E-state index contributed by atoms with van der Waals surface area (Å²) in [5.41, 5.74) is 5.00. The van der Waals surface area contributed by atoms with E-state index in [0.717, 1.165) is 6.54 Å². The highest BCUT2D eigenvalue weighted by atomic mass is 32.1. The van der Waals surface area contributed by atoms with Crippen LogP contribution >= 0.6 is 12.2 Å². The number of carbonyl (C=O) groups excluding carboxylic acids is 1. The molecule has 3 nitrogen and oxygen atoms in total. The predicted molar refractivity (Wildman–Crippen MR) is 72.3 cm³/mol. The van der Waals surface area contributed by atoms with Gasteiger partial charge in [0.1, 0.15) is 0 Å². The van der Waals surface area contributed by atoms with Crippen LogP contribution in [0, 0.1) is 11.3 Å². The number of amides is 1. The first-order chi connectivity index (χ1) is 7.29. The molecule has 16 heavy (non-hydrogen) atoms. The van der Waals surface area contributed by atoms with E-state index in [9.17, 15) is 4.79 Å². The van der Waals surface area contributed by atoms with Crippen LogP contribution in [0.25, 0.3) is 0 Å². The van der Waals surface area contributed by atoms with Crippen molar-refractivity contribution < 1.29 is 4.79 Å². The van der Waals surface area contributed by atoms with Crippen molar-refractivity contribution in [1.29, 1.82) is 0 Å². The molecule has 0 aromatic heterocycles. The molecule has 0 saturated carbocycles. The van der Waals surface area contributed by atoms with E-state index in [2.05, 4.69) is 13.8 Å². The fraction of sp³-hybridized carbons (Fsp3) is 0.833. The topological polar surface area (TPSA) is 46.3 Å². The first-order valence-corrected chi connectivity index (χ1v) is 6.29. The summed E-state index contributed by atoms with van der Waals surface area (Å²) in [7, 11) is 0. The summed E-state index contributed by atoms with van der Waals surface area (Å²) < 4.78 is 0. The normalized spacial score (nSPS) is 14.6. The van der Waals surface area contributed by atoms with Crippen LogP contribution < -0.4 is 5.73 Å². The zero-order valence-corrected chi connectivity index (χ0v) is 11.9. The molecule has 0 aliphatic carbocycles. The van der Waals surface area contributed by atoms with Crippen molar-refractivity contribution in [2.45, 2.75) is 41.0 Å². The van der Waals surface area contributed by atoms with E-state index in [1.807, 2.05) is 25.7 Å². The zero-order chi connectivity index (χ0) is 12.9. The van der Waals surface area contributed by atoms with Gasteiger partial charge >= 0.3 is 0 Å². The molecule has 0 aromatic rings. The highest BCUT2D eigenvalue weighted by Gasteiger charge is 2.37. The highest BCUT2D eigenvalue weighted by molar-refractivity contribution is 7.80. The van der Waals surface area contributed by atoms with Gasteiger partial charge in [0.05, 0.1) is 10.4 Å². The monoisotopic (exact) mass is 244 g/mol. The van der Waals surface area contributed by atoms with Gasteiger partial charge in [-0.05, 0) is 26.2 Å². The fourth-order valence-electron chi connectivity index (χ4n) is 1.58. The van der Waals surface area contributed by atoms with Gasteiger partial charge in [0.15, 0.2) is 0 Å². The quantitative estimate of drug-likeness (QED) is 0.729. The Labute approximate surface area is 104 Å². The lowest BCUT2D eigenvalue weighted by molar-refractivity contribution is -0.138. The molecule has 0 heterocycles. The van der Waals surface area contributed by atoms with Gasteiger partial charge in [-0.25, -0.2) is 0 Å². The van der Waals surface area contributed by atoms with Crippen molar-refractivity contribution in [3.8, 4) is 0 Å². The van der Waals surface area contributed by atoms with E-state index < -0.39 is 5.41 Å². The summed E-state index contributed by atoms with van der Waals surface area (Å²) in [6.45, 7) is 11.4. The van der Waals surface area contributed by atoms with Gasteiger partial charge in [0, 0.05) is 13.1 Å². The number of thiocarbonyl (C=S) groups is 1. The van der Waals surface area contributed by atoms with Crippen molar-refractivity contribution in [1.82, 2.24) is 4.90 Å². The molecule has 0 radical (unpaired) electrons. The molecule has 4 heteroatoms. The average Bonchev–Trinajstić information content (AvgIpc) is 2.23. The third-order valence-electron chi connectivity index (χ3n) is 2.98. The number of rotatable bonds is 6. The molecule has 0 bridgehead atoms. The molecule has 0 aliphatic heterocycles. The molecule has 2 N–H and O–H groups in total. The summed E-state index contributed by atoms with van der Waals surface area (Å²) in [5, 5.41) is 0. The largest absolute Gasteiger partial charge is 0.392 e. The van der Waals surface area contributed by atoms with E-state index in [1.54, 1.807) is 0 Å². The summed E-state index contributed by atoms with van der Waals surface area (Å²) >= 11 is 5.02. The van der Waals surface area contributed by atoms with E-state index >= 15 is 0 Å². The first kappa shape index (κ1) is 15.4. The third-order valence-corrected chi connectivity index (χ3v) is 3.43. The third kappa shape index (κ3) is 3.44. The van der Waals surface area contributed by atoms with Crippen LogP contribution in [-0.4, -0.2) is 28.9 Å². The summed E-state index contributed by atoms with van der Waals surface area (Å²) in [4.78, 5) is 14.5. The van der Waals surface area contributed by atoms with Crippen molar-refractivity contribution in [3.05, 3.63) is 0 Å². The molecule has 0 aliphatic rings. The summed E-state index contributed by atoms with van der Waals surface area (Å²) in [6, 6.07) is 0. The van der Waals surface area contributed by atoms with Crippen LogP contribution in [-0.2, 0) is 4.79 Å². The Morgan fingerprint density at radius 1 is 1.44 bits per heavy atom. The molecular weight excluding hydrogens is 220 g/mol. The van der Waals surface area contributed by atoms with Crippen LogP contribution in [0.1, 0.15) is 41.0 Å². The molecule has 0 rings (SSSR count). The number of hydrogen-bond donors (Lipinski definition) is 1. The van der Waals surface area contributed by atoms with Gasteiger partial charge in [-0.15, -0.1) is 0 Å². The minimum absolute atomic E-state index is 0.0544. The maximum absolute atomic E-state index is 12.4. The number of nitrogens with two attached hydrogens (primary N) is 1. The zero-order valence-electron chi connectivity index (χ0n) is 11.0. The Kier molecular flexibility index (Phi) is 5.94. The lowest BCUT2D eigenvalue weighted by Gasteiger charge is -2.33. The molecule has 0 fully saturated rings. The molecular formula is C12H24N2OS. The van der Waals surface area contributed by atoms with Crippen molar-refractivity contribution in [2.75, 3.05) is 13.1 Å². The molecule has 94 valence electrons. The maximum Gasteiger partial charge on any atom is 0.235 e. The average molecular weight is 244 g/mol. The van der Waals surface area contributed by atoms with Crippen LogP contribution in [0.5, 0.6) is 0 Å². The fourth-order valence-corrected chi connectivity index (χ4v) is 1.81. The number of nitrogens with zero attached hydrogens (tertiary/aromatic N) is 1. The van der Waals surface area contributed by atoms with Crippen molar-refractivity contribution in [2.24, 2.45) is 17.1 Å². The molecule has 0 saturated heterocycles. The lowest BCUT2D eigenvalue weighted by Crippen LogP contribution is -2.49. The second kappa shape index (κ2) is 6.18. The van der Waals surface area contributed by atoms with Gasteiger partial charge in [0.2, 0.25) is 5.91 Å². The molecule has 1 atom stereocenters. The summed E-state index contributed by atoms with van der Waals surface area (Å²) in [5.74, 6) is 0.509.